The Morgan fingerprint density at radius 2 is 2.00 bits per heavy atom. The van der Waals surface area contributed by atoms with E-state index < -0.39 is 17.8 Å². The van der Waals surface area contributed by atoms with Crippen molar-refractivity contribution in [3.8, 4) is 0 Å². The molecule has 1 heterocycles. The molecule has 3 rings (SSSR count). The Hall–Kier alpha value is -2.17. The summed E-state index contributed by atoms with van der Waals surface area (Å²) >= 11 is 0. The Labute approximate surface area is 116 Å². The van der Waals surface area contributed by atoms with Gasteiger partial charge in [0.2, 0.25) is 5.91 Å². The largest absolute Gasteiger partial charge is 0.481 e. The van der Waals surface area contributed by atoms with Gasteiger partial charge in [-0.25, -0.2) is 0 Å². The number of nitrogens with one attached hydrogen (secondary N) is 1. The van der Waals surface area contributed by atoms with Gasteiger partial charge in [-0.1, -0.05) is 18.2 Å². The molecule has 0 radical (unpaired) electrons. The van der Waals surface area contributed by atoms with Gasteiger partial charge in [-0.3, -0.25) is 14.6 Å². The second-order valence-electron chi connectivity index (χ2n) is 5.38. The van der Waals surface area contributed by atoms with E-state index in [1.54, 1.807) is 6.20 Å². The molecule has 0 saturated heterocycles. The van der Waals surface area contributed by atoms with E-state index in [9.17, 15) is 14.7 Å². The molecule has 2 aliphatic rings. The number of rotatable bonds is 4. The van der Waals surface area contributed by atoms with Crippen molar-refractivity contribution in [2.45, 2.75) is 13.0 Å². The predicted octanol–water partition coefficient (Wildman–Crippen LogP) is 1.22. The number of amides is 1. The number of hydrogen-bond acceptors (Lipinski definition) is 3. The minimum absolute atomic E-state index is 0.00287. The lowest BCUT2D eigenvalue weighted by atomic mass is 9.82. The first-order chi connectivity index (χ1) is 9.66. The number of fused-ring (bicyclic) bond motifs is 2. The molecule has 4 atom stereocenters. The third-order valence-corrected chi connectivity index (χ3v) is 4.22. The number of hydrogen-bond donors (Lipinski definition) is 2. The summed E-state index contributed by atoms with van der Waals surface area (Å²) in [5.41, 5.74) is 0.770. The van der Waals surface area contributed by atoms with E-state index >= 15 is 0 Å². The molecule has 1 aromatic rings. The molecule has 0 spiro atoms. The third kappa shape index (κ3) is 2.19. The molecular formula is C15H16N2O3. The SMILES string of the molecule is O=C(NCc1ccccn1)[C@@H]1[C@@H](C(=O)O)[C@H]2C=C[C@@H]1C2. The van der Waals surface area contributed by atoms with Gasteiger partial charge in [0.1, 0.15) is 0 Å². The molecule has 1 saturated carbocycles. The molecule has 1 aromatic heterocycles. The molecule has 5 nitrogen and oxygen atoms in total. The normalized spacial score (nSPS) is 30.4. The highest BCUT2D eigenvalue weighted by atomic mass is 16.4. The molecule has 2 bridgehead atoms. The van der Waals surface area contributed by atoms with Gasteiger partial charge in [0.05, 0.1) is 24.1 Å². The maximum absolute atomic E-state index is 12.3. The van der Waals surface area contributed by atoms with E-state index in [1.807, 2.05) is 30.4 Å². The minimum Gasteiger partial charge on any atom is -0.481 e. The molecule has 1 amide bonds. The summed E-state index contributed by atoms with van der Waals surface area (Å²) in [4.78, 5) is 27.8. The summed E-state index contributed by atoms with van der Waals surface area (Å²) in [6, 6.07) is 5.50. The molecule has 20 heavy (non-hydrogen) atoms. The lowest BCUT2D eigenvalue weighted by Crippen LogP contribution is -2.40. The average Bonchev–Trinajstić information content (AvgIpc) is 3.06. The topological polar surface area (TPSA) is 79.3 Å². The monoisotopic (exact) mass is 272 g/mol. The number of aromatic nitrogens is 1. The summed E-state index contributed by atoms with van der Waals surface area (Å²) < 4.78 is 0. The standard InChI is InChI=1S/C15H16N2O3/c18-14(17-8-11-3-1-2-6-16-11)12-9-4-5-10(7-9)13(12)15(19)20/h1-6,9-10,12-13H,7-8H2,(H,17,18)(H,19,20)/t9-,10+,12+,13+/m1/s1. The summed E-state index contributed by atoms with van der Waals surface area (Å²) in [5.74, 6) is -2.03. The van der Waals surface area contributed by atoms with Crippen LogP contribution in [-0.2, 0) is 16.1 Å². The number of nitrogens with zero attached hydrogens (tertiary/aromatic N) is 1. The van der Waals surface area contributed by atoms with Crippen molar-refractivity contribution in [2.75, 3.05) is 0 Å². The van der Waals surface area contributed by atoms with Gasteiger partial charge in [0.25, 0.3) is 0 Å². The van der Waals surface area contributed by atoms with Crippen LogP contribution in [0.15, 0.2) is 36.5 Å². The van der Waals surface area contributed by atoms with E-state index in [0.29, 0.717) is 6.54 Å². The van der Waals surface area contributed by atoms with Crippen LogP contribution >= 0.6 is 0 Å². The Balaban J connectivity index is 1.68. The van der Waals surface area contributed by atoms with E-state index in [0.717, 1.165) is 12.1 Å². The second kappa shape index (κ2) is 5.07. The Bertz CT molecular complexity index is 555. The fourth-order valence-electron chi connectivity index (χ4n) is 3.31. The maximum Gasteiger partial charge on any atom is 0.307 e. The highest BCUT2D eigenvalue weighted by molar-refractivity contribution is 5.86. The van der Waals surface area contributed by atoms with Gasteiger partial charge in [-0.15, -0.1) is 0 Å². The van der Waals surface area contributed by atoms with E-state index in [-0.39, 0.29) is 17.7 Å². The zero-order valence-electron chi connectivity index (χ0n) is 10.9. The van der Waals surface area contributed by atoms with Crippen LogP contribution in [0.2, 0.25) is 0 Å². The van der Waals surface area contributed by atoms with Crippen molar-refractivity contribution in [3.63, 3.8) is 0 Å². The molecule has 0 aromatic carbocycles. The summed E-state index contributed by atoms with van der Waals surface area (Å²) in [7, 11) is 0. The predicted molar refractivity (Wildman–Crippen MR) is 71.4 cm³/mol. The summed E-state index contributed by atoms with van der Waals surface area (Å²) in [5, 5.41) is 12.1. The zero-order chi connectivity index (χ0) is 14.1. The van der Waals surface area contributed by atoms with Crippen molar-refractivity contribution in [3.05, 3.63) is 42.2 Å². The maximum atomic E-state index is 12.3. The van der Waals surface area contributed by atoms with Crippen molar-refractivity contribution < 1.29 is 14.7 Å². The third-order valence-electron chi connectivity index (χ3n) is 4.22. The number of carbonyl (C=O) groups is 2. The van der Waals surface area contributed by atoms with Crippen LogP contribution < -0.4 is 5.32 Å². The van der Waals surface area contributed by atoms with E-state index in [2.05, 4.69) is 10.3 Å². The molecular weight excluding hydrogens is 256 g/mol. The first kappa shape index (κ1) is 12.8. The highest BCUT2D eigenvalue weighted by Crippen LogP contribution is 2.48. The van der Waals surface area contributed by atoms with Gasteiger partial charge < -0.3 is 10.4 Å². The number of carboxylic acids is 1. The molecule has 2 N–H and O–H groups in total. The minimum atomic E-state index is -0.875. The first-order valence-electron chi connectivity index (χ1n) is 6.75. The van der Waals surface area contributed by atoms with Gasteiger partial charge in [-0.2, -0.15) is 0 Å². The average molecular weight is 272 g/mol. The molecule has 2 aliphatic carbocycles. The van der Waals surface area contributed by atoms with Crippen molar-refractivity contribution in [1.82, 2.24) is 10.3 Å². The fraction of sp³-hybridized carbons (Fsp3) is 0.400. The number of aliphatic carboxylic acids is 1. The van der Waals surface area contributed by atoms with Crippen molar-refractivity contribution in [1.29, 1.82) is 0 Å². The highest BCUT2D eigenvalue weighted by Gasteiger charge is 2.51. The van der Waals surface area contributed by atoms with E-state index in [4.69, 9.17) is 0 Å². The molecule has 0 unspecified atom stereocenters. The Morgan fingerprint density at radius 1 is 1.25 bits per heavy atom. The quantitative estimate of drug-likeness (QED) is 0.808. The molecule has 1 fully saturated rings. The second-order valence-corrected chi connectivity index (χ2v) is 5.38. The lowest BCUT2D eigenvalue weighted by Gasteiger charge is -2.23. The first-order valence-corrected chi connectivity index (χ1v) is 6.75. The van der Waals surface area contributed by atoms with Crippen LogP contribution in [0.1, 0.15) is 12.1 Å². The molecule has 5 heteroatoms. The van der Waals surface area contributed by atoms with E-state index in [1.165, 1.54) is 0 Å². The number of pyridine rings is 1. The van der Waals surface area contributed by atoms with Crippen LogP contribution in [0, 0.1) is 23.7 Å². The molecule has 104 valence electrons. The fourth-order valence-corrected chi connectivity index (χ4v) is 3.31. The van der Waals surface area contributed by atoms with Gasteiger partial charge in [-0.05, 0) is 30.4 Å². The number of allylic oxidation sites excluding steroid dienone is 2. The Kier molecular flexibility index (Phi) is 3.26. The zero-order valence-corrected chi connectivity index (χ0v) is 10.9. The van der Waals surface area contributed by atoms with Crippen LogP contribution in [0.25, 0.3) is 0 Å². The van der Waals surface area contributed by atoms with Crippen LogP contribution in [-0.4, -0.2) is 22.0 Å². The number of carboxylic acid groups (broad SMARTS) is 1. The Morgan fingerprint density at radius 3 is 2.65 bits per heavy atom. The van der Waals surface area contributed by atoms with Crippen molar-refractivity contribution in [2.24, 2.45) is 23.7 Å². The van der Waals surface area contributed by atoms with Crippen LogP contribution in [0.4, 0.5) is 0 Å². The summed E-state index contributed by atoms with van der Waals surface area (Å²) in [6.07, 6.45) is 6.36. The van der Waals surface area contributed by atoms with Gasteiger partial charge in [0.15, 0.2) is 0 Å². The smallest absolute Gasteiger partial charge is 0.307 e. The number of carbonyl (C=O) groups excluding carboxylic acids is 1. The summed E-state index contributed by atoms with van der Waals surface area (Å²) in [6.45, 7) is 0.337. The van der Waals surface area contributed by atoms with Gasteiger partial charge in [0, 0.05) is 6.20 Å². The lowest BCUT2D eigenvalue weighted by molar-refractivity contribution is -0.147. The van der Waals surface area contributed by atoms with Crippen molar-refractivity contribution >= 4 is 11.9 Å². The van der Waals surface area contributed by atoms with Crippen LogP contribution in [0.3, 0.4) is 0 Å². The van der Waals surface area contributed by atoms with Gasteiger partial charge >= 0.3 is 5.97 Å². The van der Waals surface area contributed by atoms with Crippen LogP contribution in [0.5, 0.6) is 0 Å². The molecule has 0 aliphatic heterocycles.